The van der Waals surface area contributed by atoms with Crippen molar-refractivity contribution in [2.24, 2.45) is 0 Å². The molecule has 84 valence electrons. The minimum atomic E-state index is 0.502. The number of halogens is 1. The highest BCUT2D eigenvalue weighted by molar-refractivity contribution is 6.32. The molecule has 3 aromatic rings. The third-order valence-corrected chi connectivity index (χ3v) is 2.76. The van der Waals surface area contributed by atoms with Crippen molar-refractivity contribution in [1.29, 1.82) is 0 Å². The van der Waals surface area contributed by atoms with E-state index in [4.69, 9.17) is 11.6 Å². The molecule has 0 aliphatic heterocycles. The maximum Gasteiger partial charge on any atom is 0.152 e. The maximum absolute atomic E-state index is 5.98. The molecule has 0 radical (unpaired) electrons. The normalized spacial score (nSPS) is 10.6. The second-order valence-corrected chi connectivity index (χ2v) is 4.03. The molecular weight excluding hydrogens is 236 g/mol. The van der Waals surface area contributed by atoms with Gasteiger partial charge < -0.3 is 10.3 Å². The van der Waals surface area contributed by atoms with E-state index < -0.39 is 0 Å². The fourth-order valence-electron chi connectivity index (χ4n) is 1.67. The number of nitrogens with zero attached hydrogens (tertiary/aromatic N) is 2. The molecule has 0 spiro atoms. The number of aromatic nitrogens is 3. The smallest absolute Gasteiger partial charge is 0.152 e. The van der Waals surface area contributed by atoms with Crippen molar-refractivity contribution in [3.63, 3.8) is 0 Å². The molecule has 2 aromatic heterocycles. The van der Waals surface area contributed by atoms with Gasteiger partial charge in [-0.15, -0.1) is 0 Å². The van der Waals surface area contributed by atoms with Crippen LogP contribution in [0.4, 0.5) is 11.5 Å². The highest BCUT2D eigenvalue weighted by Crippen LogP contribution is 2.24. The number of fused-ring (bicyclic) bond motifs is 1. The molecule has 1 aromatic carbocycles. The Balaban J connectivity index is 1.97. The minimum absolute atomic E-state index is 0.502. The van der Waals surface area contributed by atoms with E-state index in [1.807, 2.05) is 30.5 Å². The summed E-state index contributed by atoms with van der Waals surface area (Å²) in [5.41, 5.74) is 2.04. The zero-order chi connectivity index (χ0) is 11.7. The Kier molecular flexibility index (Phi) is 2.42. The Morgan fingerprint density at radius 3 is 3.06 bits per heavy atom. The van der Waals surface area contributed by atoms with Crippen LogP contribution in [0.3, 0.4) is 0 Å². The van der Waals surface area contributed by atoms with Crippen LogP contribution in [-0.2, 0) is 0 Å². The lowest BCUT2D eigenvalue weighted by molar-refractivity contribution is 1.17. The Bertz CT molecular complexity index is 662. The lowest BCUT2D eigenvalue weighted by Gasteiger charge is -2.06. The Hall–Kier alpha value is -2.07. The molecule has 0 saturated heterocycles. The van der Waals surface area contributed by atoms with Gasteiger partial charge in [0.05, 0.1) is 6.20 Å². The zero-order valence-electron chi connectivity index (χ0n) is 8.81. The molecule has 3 rings (SSSR count). The van der Waals surface area contributed by atoms with Gasteiger partial charge in [0.25, 0.3) is 0 Å². The third kappa shape index (κ3) is 1.94. The summed E-state index contributed by atoms with van der Waals surface area (Å²) >= 11 is 5.98. The van der Waals surface area contributed by atoms with Crippen LogP contribution < -0.4 is 5.32 Å². The van der Waals surface area contributed by atoms with Gasteiger partial charge in [0.2, 0.25) is 0 Å². The molecule has 0 bridgehead atoms. The molecule has 0 saturated carbocycles. The highest BCUT2D eigenvalue weighted by atomic mass is 35.5. The van der Waals surface area contributed by atoms with Crippen LogP contribution in [0.2, 0.25) is 5.02 Å². The predicted octanol–water partition coefficient (Wildman–Crippen LogP) is 3.35. The van der Waals surface area contributed by atoms with Crippen molar-refractivity contribution < 1.29 is 0 Å². The standard InChI is InChI=1S/C12H9ClN4/c13-10-6-14-7-16-12(10)17-9-1-2-11-8(5-9)3-4-15-11/h1-7,15H,(H,14,16,17). The first kappa shape index (κ1) is 10.1. The molecule has 0 fully saturated rings. The SMILES string of the molecule is Clc1cncnc1Nc1ccc2[nH]ccc2c1. The first-order valence-electron chi connectivity index (χ1n) is 5.12. The van der Waals surface area contributed by atoms with E-state index in [9.17, 15) is 0 Å². The minimum Gasteiger partial charge on any atom is -0.361 e. The molecule has 0 aliphatic rings. The largest absolute Gasteiger partial charge is 0.361 e. The molecule has 2 heterocycles. The van der Waals surface area contributed by atoms with Crippen LogP contribution in [-0.4, -0.2) is 15.0 Å². The molecule has 0 unspecified atom stereocenters. The van der Waals surface area contributed by atoms with Crippen molar-refractivity contribution in [2.75, 3.05) is 5.32 Å². The van der Waals surface area contributed by atoms with Gasteiger partial charge in [-0.2, -0.15) is 0 Å². The van der Waals surface area contributed by atoms with E-state index in [-0.39, 0.29) is 0 Å². The zero-order valence-corrected chi connectivity index (χ0v) is 9.57. The Morgan fingerprint density at radius 1 is 1.24 bits per heavy atom. The number of nitrogens with one attached hydrogen (secondary N) is 2. The fraction of sp³-hybridized carbons (Fsp3) is 0. The molecule has 4 nitrogen and oxygen atoms in total. The van der Waals surface area contributed by atoms with Gasteiger partial charge >= 0.3 is 0 Å². The number of rotatable bonds is 2. The average Bonchev–Trinajstić information content (AvgIpc) is 2.79. The highest BCUT2D eigenvalue weighted by Gasteiger charge is 2.02. The van der Waals surface area contributed by atoms with Crippen molar-refractivity contribution in [2.45, 2.75) is 0 Å². The number of anilines is 2. The van der Waals surface area contributed by atoms with Gasteiger partial charge in [-0.25, -0.2) is 9.97 Å². The van der Waals surface area contributed by atoms with Crippen LogP contribution in [0.15, 0.2) is 43.0 Å². The maximum atomic E-state index is 5.98. The molecule has 5 heteroatoms. The summed E-state index contributed by atoms with van der Waals surface area (Å²) in [5, 5.41) is 4.80. The first-order valence-corrected chi connectivity index (χ1v) is 5.50. The summed E-state index contributed by atoms with van der Waals surface area (Å²) in [5.74, 6) is 0.608. The van der Waals surface area contributed by atoms with E-state index in [1.54, 1.807) is 6.20 Å². The molecular formula is C12H9ClN4. The molecule has 0 amide bonds. The van der Waals surface area contributed by atoms with Crippen LogP contribution in [0, 0.1) is 0 Å². The van der Waals surface area contributed by atoms with Crippen LogP contribution >= 0.6 is 11.6 Å². The molecule has 2 N–H and O–H groups in total. The summed E-state index contributed by atoms with van der Waals surface area (Å²) < 4.78 is 0. The van der Waals surface area contributed by atoms with Crippen molar-refractivity contribution in [1.82, 2.24) is 15.0 Å². The van der Waals surface area contributed by atoms with Gasteiger partial charge in [-0.1, -0.05) is 11.6 Å². The van der Waals surface area contributed by atoms with Crippen LogP contribution in [0.1, 0.15) is 0 Å². The van der Waals surface area contributed by atoms with Gasteiger partial charge in [-0.3, -0.25) is 0 Å². The quantitative estimate of drug-likeness (QED) is 0.727. The van der Waals surface area contributed by atoms with E-state index in [1.165, 1.54) is 6.33 Å². The van der Waals surface area contributed by atoms with E-state index in [0.29, 0.717) is 10.8 Å². The fourth-order valence-corrected chi connectivity index (χ4v) is 1.82. The monoisotopic (exact) mass is 244 g/mol. The van der Waals surface area contributed by atoms with Crippen LogP contribution in [0.5, 0.6) is 0 Å². The number of H-pyrrole nitrogens is 1. The summed E-state index contributed by atoms with van der Waals surface area (Å²) in [7, 11) is 0. The molecule has 17 heavy (non-hydrogen) atoms. The summed E-state index contributed by atoms with van der Waals surface area (Å²) in [4.78, 5) is 11.1. The Labute approximate surface area is 103 Å². The van der Waals surface area contributed by atoms with E-state index >= 15 is 0 Å². The van der Waals surface area contributed by atoms with E-state index in [2.05, 4.69) is 20.3 Å². The average molecular weight is 245 g/mol. The van der Waals surface area contributed by atoms with Gasteiger partial charge in [0.15, 0.2) is 5.82 Å². The number of hydrogen-bond acceptors (Lipinski definition) is 3. The van der Waals surface area contributed by atoms with Gasteiger partial charge in [-0.05, 0) is 24.3 Å². The number of hydrogen-bond donors (Lipinski definition) is 2. The molecule has 0 aliphatic carbocycles. The predicted molar refractivity (Wildman–Crippen MR) is 68.6 cm³/mol. The van der Waals surface area contributed by atoms with Gasteiger partial charge in [0.1, 0.15) is 11.3 Å². The summed E-state index contributed by atoms with van der Waals surface area (Å²) in [6.45, 7) is 0. The summed E-state index contributed by atoms with van der Waals surface area (Å²) in [6, 6.07) is 8.02. The lowest BCUT2D eigenvalue weighted by atomic mass is 10.2. The van der Waals surface area contributed by atoms with Crippen molar-refractivity contribution >= 4 is 34.0 Å². The van der Waals surface area contributed by atoms with Crippen molar-refractivity contribution in [3.05, 3.63) is 48.0 Å². The third-order valence-electron chi connectivity index (χ3n) is 2.48. The van der Waals surface area contributed by atoms with Gasteiger partial charge in [0, 0.05) is 22.8 Å². The number of aromatic amines is 1. The molecule has 0 atom stereocenters. The number of benzene rings is 1. The topological polar surface area (TPSA) is 53.6 Å². The second kappa shape index (κ2) is 4.07. The Morgan fingerprint density at radius 2 is 2.18 bits per heavy atom. The van der Waals surface area contributed by atoms with E-state index in [0.717, 1.165) is 16.6 Å². The second-order valence-electron chi connectivity index (χ2n) is 3.62. The lowest BCUT2D eigenvalue weighted by Crippen LogP contribution is -1.94. The van der Waals surface area contributed by atoms with Crippen molar-refractivity contribution in [3.8, 4) is 0 Å². The first-order chi connectivity index (χ1) is 8.33. The van der Waals surface area contributed by atoms with Crippen LogP contribution in [0.25, 0.3) is 10.9 Å². The summed E-state index contributed by atoms with van der Waals surface area (Å²) in [6.07, 6.45) is 4.93.